The van der Waals surface area contributed by atoms with Crippen molar-refractivity contribution in [1.29, 1.82) is 0 Å². The van der Waals surface area contributed by atoms with Crippen molar-refractivity contribution in [3.8, 4) is 0 Å². The van der Waals surface area contributed by atoms with Gasteiger partial charge in [0.2, 0.25) is 0 Å². The molecule has 3 heteroatoms. The summed E-state index contributed by atoms with van der Waals surface area (Å²) in [6.07, 6.45) is 5.12. The molecule has 0 aromatic heterocycles. The zero-order valence-electron chi connectivity index (χ0n) is 13.3. The van der Waals surface area contributed by atoms with Crippen LogP contribution < -0.4 is 5.32 Å². The Morgan fingerprint density at radius 3 is 2.52 bits per heavy atom. The molecule has 0 amide bonds. The van der Waals surface area contributed by atoms with Crippen LogP contribution in [0.1, 0.15) is 58.1 Å². The average molecular weight is 373 g/mol. The molecule has 1 nitrogen and oxygen atoms in total. The molecular formula is C18H27BrClN. The van der Waals surface area contributed by atoms with Gasteiger partial charge in [0.05, 0.1) is 5.02 Å². The smallest absolute Gasteiger partial charge is 0.0595 e. The van der Waals surface area contributed by atoms with Gasteiger partial charge >= 0.3 is 0 Å². The van der Waals surface area contributed by atoms with Crippen LogP contribution in [0.3, 0.4) is 0 Å². The third-order valence-electron chi connectivity index (χ3n) is 4.62. The molecule has 0 radical (unpaired) electrons. The minimum absolute atomic E-state index is 0.375. The predicted octanol–water partition coefficient (Wildman–Crippen LogP) is 6.22. The summed E-state index contributed by atoms with van der Waals surface area (Å²) in [5, 5.41) is 4.63. The lowest BCUT2D eigenvalue weighted by molar-refractivity contribution is 0.176. The molecule has 1 N–H and O–H groups in total. The van der Waals surface area contributed by atoms with Crippen LogP contribution in [0.25, 0.3) is 0 Å². The van der Waals surface area contributed by atoms with E-state index in [1.54, 1.807) is 0 Å². The second kappa shape index (κ2) is 7.99. The van der Waals surface area contributed by atoms with E-state index in [1.807, 2.05) is 6.07 Å². The quantitative estimate of drug-likeness (QED) is 0.647. The van der Waals surface area contributed by atoms with Gasteiger partial charge in [-0.2, -0.15) is 0 Å². The third-order valence-corrected chi connectivity index (χ3v) is 5.93. The van der Waals surface area contributed by atoms with Gasteiger partial charge in [0.15, 0.2) is 0 Å². The topological polar surface area (TPSA) is 12.0 Å². The van der Waals surface area contributed by atoms with Gasteiger partial charge in [-0.15, -0.1) is 0 Å². The Morgan fingerprint density at radius 1 is 1.24 bits per heavy atom. The summed E-state index contributed by atoms with van der Waals surface area (Å²) in [4.78, 5) is 0. The highest BCUT2D eigenvalue weighted by Crippen LogP contribution is 2.42. The minimum Gasteiger partial charge on any atom is -0.310 e. The molecule has 1 saturated carbocycles. The fraction of sp³-hybridized carbons (Fsp3) is 0.667. The normalized spacial score (nSPS) is 27.6. The first-order valence-corrected chi connectivity index (χ1v) is 9.37. The van der Waals surface area contributed by atoms with Gasteiger partial charge in [-0.25, -0.2) is 0 Å². The largest absolute Gasteiger partial charge is 0.310 e. The van der Waals surface area contributed by atoms with E-state index in [0.717, 1.165) is 34.3 Å². The Bertz CT molecular complexity index is 453. The van der Waals surface area contributed by atoms with E-state index in [2.05, 4.69) is 54.2 Å². The molecule has 118 valence electrons. The van der Waals surface area contributed by atoms with E-state index < -0.39 is 0 Å². The number of benzene rings is 1. The second-order valence-corrected chi connectivity index (χ2v) is 7.98. The van der Waals surface area contributed by atoms with Crippen molar-refractivity contribution in [3.63, 3.8) is 0 Å². The van der Waals surface area contributed by atoms with Crippen molar-refractivity contribution in [2.45, 2.75) is 52.5 Å². The molecule has 21 heavy (non-hydrogen) atoms. The molecule has 1 aromatic rings. The summed E-state index contributed by atoms with van der Waals surface area (Å²) in [5.74, 6) is 2.31. The zero-order chi connectivity index (χ0) is 15.4. The Morgan fingerprint density at radius 2 is 1.90 bits per heavy atom. The molecule has 0 spiro atoms. The Hall–Kier alpha value is -0.0500. The Balaban J connectivity index is 2.27. The molecule has 0 heterocycles. The van der Waals surface area contributed by atoms with Crippen LogP contribution in [0.2, 0.25) is 5.02 Å². The second-order valence-electron chi connectivity index (χ2n) is 6.75. The summed E-state index contributed by atoms with van der Waals surface area (Å²) < 4.78 is 1.00. The van der Waals surface area contributed by atoms with Crippen LogP contribution in [0.4, 0.5) is 0 Å². The first-order chi connectivity index (χ1) is 10.0. The lowest BCUT2D eigenvalue weighted by Crippen LogP contribution is -2.34. The maximum Gasteiger partial charge on any atom is 0.0595 e. The fourth-order valence-electron chi connectivity index (χ4n) is 3.87. The lowest BCUT2D eigenvalue weighted by atomic mass is 9.72. The number of nitrogens with one attached hydrogen (secondary N) is 1. The van der Waals surface area contributed by atoms with Crippen molar-refractivity contribution in [3.05, 3.63) is 33.3 Å². The van der Waals surface area contributed by atoms with Crippen molar-refractivity contribution in [2.75, 3.05) is 6.54 Å². The first kappa shape index (κ1) is 17.3. The Kier molecular flexibility index (Phi) is 6.58. The van der Waals surface area contributed by atoms with E-state index in [1.165, 1.54) is 24.8 Å². The SMILES string of the molecule is CCCNC(c1cccc(Br)c1Cl)C1CC(C)CC(C)C1. The summed E-state index contributed by atoms with van der Waals surface area (Å²) in [6.45, 7) is 8.05. The lowest BCUT2D eigenvalue weighted by Gasteiger charge is -2.37. The number of halogens is 2. The molecule has 1 aliphatic carbocycles. The maximum absolute atomic E-state index is 6.57. The van der Waals surface area contributed by atoms with Crippen molar-refractivity contribution in [1.82, 2.24) is 5.32 Å². The summed E-state index contributed by atoms with van der Waals surface area (Å²) in [5.41, 5.74) is 1.26. The summed E-state index contributed by atoms with van der Waals surface area (Å²) in [7, 11) is 0. The van der Waals surface area contributed by atoms with Crippen molar-refractivity contribution < 1.29 is 0 Å². The summed E-state index contributed by atoms with van der Waals surface area (Å²) >= 11 is 10.1. The van der Waals surface area contributed by atoms with Gasteiger partial charge in [0, 0.05) is 10.5 Å². The Labute approximate surface area is 143 Å². The van der Waals surface area contributed by atoms with Crippen LogP contribution in [-0.2, 0) is 0 Å². The van der Waals surface area contributed by atoms with E-state index in [9.17, 15) is 0 Å². The van der Waals surface area contributed by atoms with Crippen LogP contribution in [0.5, 0.6) is 0 Å². The molecule has 0 aliphatic heterocycles. The standard InChI is InChI=1S/C18H27BrClN/c1-4-8-21-18(14-10-12(2)9-13(3)11-14)15-6-5-7-16(19)17(15)20/h5-7,12-14,18,21H,4,8-11H2,1-3H3. The van der Waals surface area contributed by atoms with Gasteiger partial charge < -0.3 is 5.32 Å². The van der Waals surface area contributed by atoms with Crippen LogP contribution in [-0.4, -0.2) is 6.54 Å². The van der Waals surface area contributed by atoms with Crippen molar-refractivity contribution >= 4 is 27.5 Å². The van der Waals surface area contributed by atoms with E-state index in [0.29, 0.717) is 12.0 Å². The molecule has 1 aromatic carbocycles. The highest BCUT2D eigenvalue weighted by atomic mass is 79.9. The average Bonchev–Trinajstić information content (AvgIpc) is 2.42. The monoisotopic (exact) mass is 371 g/mol. The summed E-state index contributed by atoms with van der Waals surface area (Å²) in [6, 6.07) is 6.68. The highest BCUT2D eigenvalue weighted by molar-refractivity contribution is 9.10. The van der Waals surface area contributed by atoms with Gasteiger partial charge in [-0.3, -0.25) is 0 Å². The molecule has 0 saturated heterocycles. The van der Waals surface area contributed by atoms with E-state index in [-0.39, 0.29) is 0 Å². The van der Waals surface area contributed by atoms with E-state index >= 15 is 0 Å². The first-order valence-electron chi connectivity index (χ1n) is 8.20. The van der Waals surface area contributed by atoms with Gasteiger partial charge in [0.25, 0.3) is 0 Å². The number of rotatable bonds is 5. The molecule has 3 unspecified atom stereocenters. The van der Waals surface area contributed by atoms with Crippen molar-refractivity contribution in [2.24, 2.45) is 17.8 Å². The molecular weight excluding hydrogens is 346 g/mol. The molecule has 0 bridgehead atoms. The van der Waals surface area contributed by atoms with E-state index in [4.69, 9.17) is 11.6 Å². The van der Waals surface area contributed by atoms with Gasteiger partial charge in [0.1, 0.15) is 0 Å². The van der Waals surface area contributed by atoms with Crippen LogP contribution in [0, 0.1) is 17.8 Å². The number of hydrogen-bond acceptors (Lipinski definition) is 1. The third kappa shape index (κ3) is 4.46. The maximum atomic E-state index is 6.57. The number of hydrogen-bond donors (Lipinski definition) is 1. The van der Waals surface area contributed by atoms with Gasteiger partial charge in [-0.1, -0.05) is 44.5 Å². The van der Waals surface area contributed by atoms with Crippen LogP contribution >= 0.6 is 27.5 Å². The zero-order valence-corrected chi connectivity index (χ0v) is 15.7. The predicted molar refractivity (Wildman–Crippen MR) is 95.9 cm³/mol. The minimum atomic E-state index is 0.375. The highest BCUT2D eigenvalue weighted by Gasteiger charge is 2.31. The van der Waals surface area contributed by atoms with Crippen LogP contribution in [0.15, 0.2) is 22.7 Å². The molecule has 3 atom stereocenters. The molecule has 2 rings (SSSR count). The molecule has 1 fully saturated rings. The fourth-order valence-corrected chi connectivity index (χ4v) is 4.50. The van der Waals surface area contributed by atoms with Gasteiger partial charge in [-0.05, 0) is 77.5 Å². The molecule has 1 aliphatic rings.